The number of thioether (sulfide) groups is 1. The minimum atomic E-state index is -0.896. The number of ether oxygens (including phenoxy) is 2. The molecular weight excluding hydrogens is 342 g/mol. The first-order chi connectivity index (χ1) is 12.0. The van der Waals surface area contributed by atoms with Gasteiger partial charge in [0.25, 0.3) is 5.91 Å². The highest BCUT2D eigenvalue weighted by Crippen LogP contribution is 2.33. The van der Waals surface area contributed by atoms with Crippen LogP contribution >= 0.6 is 11.8 Å². The highest BCUT2D eigenvalue weighted by Gasteiger charge is 2.41. The van der Waals surface area contributed by atoms with Gasteiger partial charge in [0.2, 0.25) is 0 Å². The maximum absolute atomic E-state index is 12.7. The number of carbonyl (C=O) groups excluding carboxylic acids is 1. The molecule has 0 saturated carbocycles. The van der Waals surface area contributed by atoms with Gasteiger partial charge in [-0.1, -0.05) is 12.1 Å². The third-order valence-corrected chi connectivity index (χ3v) is 5.84. The molecule has 1 aromatic rings. The van der Waals surface area contributed by atoms with E-state index in [0.717, 1.165) is 19.3 Å². The topological polar surface area (TPSA) is 84.9 Å². The number of amides is 1. The summed E-state index contributed by atoms with van der Waals surface area (Å²) in [5.74, 6) is -1.06. The van der Waals surface area contributed by atoms with E-state index in [1.807, 2.05) is 6.07 Å². The molecule has 3 atom stereocenters. The molecule has 3 unspecified atom stereocenters. The molecular formula is C18H23NO5S. The molecule has 0 aromatic heterocycles. The quantitative estimate of drug-likeness (QED) is 0.779. The Kier molecular flexibility index (Phi) is 5.66. The van der Waals surface area contributed by atoms with Crippen LogP contribution in [-0.2, 0) is 14.3 Å². The first-order valence-corrected chi connectivity index (χ1v) is 9.38. The molecule has 2 aliphatic heterocycles. The first-order valence-electron chi connectivity index (χ1n) is 8.50. The minimum Gasteiger partial charge on any atom is -0.480 e. The van der Waals surface area contributed by atoms with Crippen molar-refractivity contribution >= 4 is 23.6 Å². The number of carboxylic acids is 1. The van der Waals surface area contributed by atoms with Crippen LogP contribution < -0.4 is 5.32 Å². The van der Waals surface area contributed by atoms with Crippen molar-refractivity contribution in [1.29, 1.82) is 0 Å². The highest BCUT2D eigenvalue weighted by molar-refractivity contribution is 8.00. The number of benzene rings is 1. The maximum atomic E-state index is 12.7. The van der Waals surface area contributed by atoms with E-state index < -0.39 is 11.2 Å². The largest absolute Gasteiger partial charge is 0.480 e. The van der Waals surface area contributed by atoms with E-state index in [-0.39, 0.29) is 17.6 Å². The van der Waals surface area contributed by atoms with Crippen LogP contribution in [0.2, 0.25) is 0 Å². The predicted octanol–water partition coefficient (Wildman–Crippen LogP) is 2.32. The van der Waals surface area contributed by atoms with E-state index >= 15 is 0 Å². The number of hydrogen-bond donors (Lipinski definition) is 2. The number of rotatable bonds is 5. The van der Waals surface area contributed by atoms with Crippen LogP contribution in [0.3, 0.4) is 0 Å². The van der Waals surface area contributed by atoms with Gasteiger partial charge in [0.1, 0.15) is 5.25 Å². The number of carboxylic acid groups (broad SMARTS) is 1. The lowest BCUT2D eigenvalue weighted by atomic mass is 9.89. The lowest BCUT2D eigenvalue weighted by molar-refractivity contribution is -0.136. The van der Waals surface area contributed by atoms with E-state index in [0.29, 0.717) is 30.3 Å². The number of aliphatic carboxylic acids is 1. The summed E-state index contributed by atoms with van der Waals surface area (Å²) in [6.07, 6.45) is 2.38. The Bertz CT molecular complexity index is 644. The molecule has 7 heteroatoms. The second-order valence-corrected chi connectivity index (χ2v) is 7.97. The van der Waals surface area contributed by atoms with Crippen LogP contribution in [0.15, 0.2) is 29.2 Å². The summed E-state index contributed by atoms with van der Waals surface area (Å²) in [6.45, 7) is 3.51. The van der Waals surface area contributed by atoms with E-state index in [1.165, 1.54) is 11.8 Å². The van der Waals surface area contributed by atoms with Crippen molar-refractivity contribution in [3.05, 3.63) is 29.8 Å². The summed E-state index contributed by atoms with van der Waals surface area (Å²) >= 11 is 1.18. The molecule has 0 bridgehead atoms. The molecule has 1 aromatic carbocycles. The van der Waals surface area contributed by atoms with Crippen LogP contribution in [0.4, 0.5) is 0 Å². The highest BCUT2D eigenvalue weighted by atomic mass is 32.2. The third-order valence-electron chi connectivity index (χ3n) is 4.68. The average Bonchev–Trinajstić information content (AvgIpc) is 3.02. The van der Waals surface area contributed by atoms with Crippen molar-refractivity contribution in [2.45, 2.75) is 48.0 Å². The SMILES string of the molecule is CC(Sc1ccccc1C(=O)NC1CCOC2(CCOC2)C1)C(=O)O. The molecule has 2 aliphatic rings. The van der Waals surface area contributed by atoms with Gasteiger partial charge < -0.3 is 19.9 Å². The Morgan fingerprint density at radius 3 is 2.88 bits per heavy atom. The Labute approximate surface area is 151 Å². The predicted molar refractivity (Wildman–Crippen MR) is 94.0 cm³/mol. The maximum Gasteiger partial charge on any atom is 0.316 e. The normalized spacial score (nSPS) is 27.2. The second-order valence-electron chi connectivity index (χ2n) is 6.59. The summed E-state index contributed by atoms with van der Waals surface area (Å²) in [4.78, 5) is 24.5. The Balaban J connectivity index is 1.68. The van der Waals surface area contributed by atoms with E-state index in [2.05, 4.69) is 5.32 Å². The van der Waals surface area contributed by atoms with Gasteiger partial charge in [-0.3, -0.25) is 9.59 Å². The van der Waals surface area contributed by atoms with E-state index in [4.69, 9.17) is 14.6 Å². The summed E-state index contributed by atoms with van der Waals surface area (Å²) in [5.41, 5.74) is 0.256. The summed E-state index contributed by atoms with van der Waals surface area (Å²) < 4.78 is 11.4. The molecule has 2 saturated heterocycles. The van der Waals surface area contributed by atoms with Gasteiger partial charge in [0, 0.05) is 30.6 Å². The molecule has 25 heavy (non-hydrogen) atoms. The van der Waals surface area contributed by atoms with E-state index in [9.17, 15) is 9.59 Å². The van der Waals surface area contributed by atoms with Gasteiger partial charge in [-0.2, -0.15) is 0 Å². The van der Waals surface area contributed by atoms with Crippen molar-refractivity contribution in [3.8, 4) is 0 Å². The third kappa shape index (κ3) is 4.34. The standard InChI is InChI=1S/C18H23NO5S/c1-12(17(21)22)25-15-5-3-2-4-14(15)16(20)19-13-6-8-24-18(10-13)7-9-23-11-18/h2-5,12-13H,6-11H2,1H3,(H,19,20)(H,21,22). The fraction of sp³-hybridized carbons (Fsp3) is 0.556. The van der Waals surface area contributed by atoms with Gasteiger partial charge in [-0.15, -0.1) is 11.8 Å². The van der Waals surface area contributed by atoms with Gasteiger partial charge in [-0.25, -0.2) is 0 Å². The monoisotopic (exact) mass is 365 g/mol. The molecule has 1 amide bonds. The Morgan fingerprint density at radius 1 is 1.36 bits per heavy atom. The summed E-state index contributed by atoms with van der Waals surface area (Å²) in [7, 11) is 0. The smallest absolute Gasteiger partial charge is 0.316 e. The minimum absolute atomic E-state index is 0.0397. The van der Waals surface area contributed by atoms with Crippen LogP contribution in [-0.4, -0.2) is 53.7 Å². The molecule has 0 aliphatic carbocycles. The molecule has 6 nitrogen and oxygen atoms in total. The number of hydrogen-bond acceptors (Lipinski definition) is 5. The molecule has 136 valence electrons. The van der Waals surface area contributed by atoms with Crippen LogP contribution in [0, 0.1) is 0 Å². The van der Waals surface area contributed by atoms with Crippen LogP contribution in [0.1, 0.15) is 36.5 Å². The van der Waals surface area contributed by atoms with Gasteiger partial charge in [0.05, 0.1) is 17.8 Å². The zero-order chi connectivity index (χ0) is 17.9. The first kappa shape index (κ1) is 18.2. The van der Waals surface area contributed by atoms with Crippen molar-refractivity contribution in [2.75, 3.05) is 19.8 Å². The fourth-order valence-electron chi connectivity index (χ4n) is 3.28. The molecule has 2 fully saturated rings. The molecule has 2 N–H and O–H groups in total. The second kappa shape index (κ2) is 7.76. The summed E-state index contributed by atoms with van der Waals surface area (Å²) in [6, 6.07) is 7.17. The van der Waals surface area contributed by atoms with Crippen molar-refractivity contribution in [2.24, 2.45) is 0 Å². The van der Waals surface area contributed by atoms with Gasteiger partial charge in [-0.05, 0) is 31.9 Å². The molecule has 3 rings (SSSR count). The molecule has 2 heterocycles. The lowest BCUT2D eigenvalue weighted by Crippen LogP contribution is -2.49. The van der Waals surface area contributed by atoms with Crippen molar-refractivity contribution in [1.82, 2.24) is 5.32 Å². The van der Waals surface area contributed by atoms with Gasteiger partial charge in [0.15, 0.2) is 0 Å². The zero-order valence-corrected chi connectivity index (χ0v) is 15.0. The summed E-state index contributed by atoms with van der Waals surface area (Å²) in [5, 5.41) is 11.6. The Hall–Kier alpha value is -1.57. The van der Waals surface area contributed by atoms with Gasteiger partial charge >= 0.3 is 5.97 Å². The van der Waals surface area contributed by atoms with Crippen molar-refractivity contribution in [3.63, 3.8) is 0 Å². The van der Waals surface area contributed by atoms with Crippen LogP contribution in [0.25, 0.3) is 0 Å². The number of nitrogens with one attached hydrogen (secondary N) is 1. The van der Waals surface area contributed by atoms with E-state index in [1.54, 1.807) is 25.1 Å². The van der Waals surface area contributed by atoms with Crippen molar-refractivity contribution < 1.29 is 24.2 Å². The Morgan fingerprint density at radius 2 is 2.16 bits per heavy atom. The molecule has 1 spiro atoms. The lowest BCUT2D eigenvalue weighted by Gasteiger charge is -2.37. The fourth-order valence-corrected chi connectivity index (χ4v) is 4.20. The van der Waals surface area contributed by atoms with Crippen LogP contribution in [0.5, 0.6) is 0 Å². The number of carbonyl (C=O) groups is 2. The zero-order valence-electron chi connectivity index (χ0n) is 14.2. The molecule has 0 radical (unpaired) electrons. The average molecular weight is 365 g/mol.